The van der Waals surface area contributed by atoms with E-state index in [2.05, 4.69) is 89.4 Å². The van der Waals surface area contributed by atoms with Gasteiger partial charge in [-0.1, -0.05) is 12.8 Å². The molecule has 3 aliphatic heterocycles. The molecule has 40 heavy (non-hydrogen) atoms. The van der Waals surface area contributed by atoms with E-state index in [1.165, 1.54) is 24.1 Å². The Balaban J connectivity index is 1.13. The molecule has 216 valence electrons. The Hall–Kier alpha value is -2.98. The average Bonchev–Trinajstić information content (AvgIpc) is 3.58. The third-order valence-corrected chi connectivity index (χ3v) is 8.13. The number of likely N-dealkylation sites (N-methyl/N-ethyl adjacent to an activating group) is 1. The number of amides is 1. The van der Waals surface area contributed by atoms with Crippen LogP contribution in [-0.4, -0.2) is 98.2 Å². The molecular formula is C30H46BN7O2. The van der Waals surface area contributed by atoms with E-state index in [4.69, 9.17) is 4.74 Å². The first-order valence-electron chi connectivity index (χ1n) is 14.7. The first kappa shape index (κ1) is 28.5. The summed E-state index contributed by atoms with van der Waals surface area (Å²) in [5.41, 5.74) is 4.16. The van der Waals surface area contributed by atoms with Gasteiger partial charge in [0.05, 0.1) is 0 Å². The second-order valence-corrected chi connectivity index (χ2v) is 12.5. The fourth-order valence-corrected chi connectivity index (χ4v) is 6.08. The molecule has 0 bridgehead atoms. The molecule has 3 heterocycles. The fourth-order valence-electron chi connectivity index (χ4n) is 6.08. The summed E-state index contributed by atoms with van der Waals surface area (Å²) in [6.45, 7) is 10.6. The van der Waals surface area contributed by atoms with Crippen LogP contribution < -0.4 is 20.9 Å². The summed E-state index contributed by atoms with van der Waals surface area (Å²) in [5.74, 6) is 0.832. The predicted molar refractivity (Wildman–Crippen MR) is 163 cm³/mol. The number of fused-ring (bicyclic) bond motifs is 1. The number of nitrogens with one attached hydrogen (secondary N) is 3. The van der Waals surface area contributed by atoms with Gasteiger partial charge in [0.2, 0.25) is 0 Å². The molecule has 0 radical (unpaired) electrons. The first-order chi connectivity index (χ1) is 19.1. The van der Waals surface area contributed by atoms with Crippen LogP contribution in [0.1, 0.15) is 52.0 Å². The van der Waals surface area contributed by atoms with Crippen LogP contribution in [0.2, 0.25) is 0 Å². The van der Waals surface area contributed by atoms with Crippen molar-refractivity contribution in [2.24, 2.45) is 0 Å². The van der Waals surface area contributed by atoms with Crippen molar-refractivity contribution in [2.45, 2.75) is 77.1 Å². The van der Waals surface area contributed by atoms with Crippen LogP contribution in [0, 0.1) is 0 Å². The molecule has 9 nitrogen and oxygen atoms in total. The third-order valence-electron chi connectivity index (χ3n) is 8.13. The topological polar surface area (TPSA) is 75.4 Å². The third kappa shape index (κ3) is 6.49. The van der Waals surface area contributed by atoms with Crippen molar-refractivity contribution < 1.29 is 9.53 Å². The molecule has 1 aromatic rings. The van der Waals surface area contributed by atoms with Crippen LogP contribution in [0.25, 0.3) is 0 Å². The number of piperazine rings is 1. The summed E-state index contributed by atoms with van der Waals surface area (Å²) in [5, 5.41) is 10.8. The fraction of sp³-hybridized carbons (Fsp3) is 0.600. The molecular weight excluding hydrogens is 501 g/mol. The van der Waals surface area contributed by atoms with E-state index in [0.29, 0.717) is 6.04 Å². The molecule has 10 heteroatoms. The molecule has 2 unspecified atom stereocenters. The zero-order valence-corrected chi connectivity index (χ0v) is 24.9. The number of benzene rings is 1. The number of hydrogen-bond donors (Lipinski definition) is 3. The Morgan fingerprint density at radius 1 is 1.10 bits per heavy atom. The van der Waals surface area contributed by atoms with Crippen LogP contribution in [0.5, 0.6) is 0 Å². The minimum absolute atomic E-state index is 0.00618. The molecule has 0 aromatic heterocycles. The number of nitrogens with zero attached hydrogens (tertiary/aromatic N) is 4. The van der Waals surface area contributed by atoms with Gasteiger partial charge in [0.25, 0.3) is 5.91 Å². The quantitative estimate of drug-likeness (QED) is 0.425. The number of hydrogen-bond acceptors (Lipinski definition) is 8. The maximum absolute atomic E-state index is 13.0. The van der Waals surface area contributed by atoms with Gasteiger partial charge in [0, 0.05) is 31.9 Å². The number of anilines is 1. The zero-order valence-electron chi connectivity index (χ0n) is 24.9. The summed E-state index contributed by atoms with van der Waals surface area (Å²) in [7, 11) is 7.79. The van der Waals surface area contributed by atoms with Crippen LogP contribution in [0.4, 0.5) is 5.69 Å². The van der Waals surface area contributed by atoms with E-state index >= 15 is 0 Å². The van der Waals surface area contributed by atoms with Gasteiger partial charge < -0.3 is 15.1 Å². The van der Waals surface area contributed by atoms with E-state index in [-0.39, 0.29) is 24.0 Å². The molecule has 1 aromatic carbocycles. The molecule has 1 aliphatic carbocycles. The van der Waals surface area contributed by atoms with E-state index < -0.39 is 0 Å². The maximum atomic E-state index is 13.0. The van der Waals surface area contributed by atoms with Gasteiger partial charge in [-0.25, -0.2) is 0 Å². The van der Waals surface area contributed by atoms with E-state index in [0.717, 1.165) is 62.6 Å². The molecule has 1 saturated carbocycles. The molecule has 1 amide bonds. The van der Waals surface area contributed by atoms with Crippen molar-refractivity contribution in [1.82, 2.24) is 30.7 Å². The first-order valence-corrected chi connectivity index (χ1v) is 14.7. The van der Waals surface area contributed by atoms with Crippen molar-refractivity contribution in [3.05, 3.63) is 53.4 Å². The Morgan fingerprint density at radius 2 is 1.77 bits per heavy atom. The van der Waals surface area contributed by atoms with Crippen LogP contribution >= 0.6 is 0 Å². The Morgan fingerprint density at radius 3 is 2.40 bits per heavy atom. The minimum atomic E-state index is -0.225. The summed E-state index contributed by atoms with van der Waals surface area (Å²) in [6.07, 6.45) is 8.74. The van der Waals surface area contributed by atoms with Gasteiger partial charge >= 0.3 is 134 Å². The van der Waals surface area contributed by atoms with Gasteiger partial charge in [-0.3, -0.25) is 10.1 Å². The van der Waals surface area contributed by atoms with Crippen LogP contribution in [0.3, 0.4) is 0 Å². The zero-order chi connectivity index (χ0) is 28.4. The van der Waals surface area contributed by atoms with Gasteiger partial charge in [0.15, 0.2) is 0 Å². The molecule has 1 saturated heterocycles. The molecule has 2 fully saturated rings. The van der Waals surface area contributed by atoms with Crippen LogP contribution in [-0.2, 0) is 16.1 Å². The molecule has 3 N–H and O–H groups in total. The van der Waals surface area contributed by atoms with Crippen molar-refractivity contribution in [3.8, 4) is 0 Å². The number of carbonyl (C=O) groups excluding carboxylic acids is 1. The number of carbonyl (C=O) groups is 1. The van der Waals surface area contributed by atoms with Gasteiger partial charge in [0.1, 0.15) is 11.9 Å². The standard InChI is InChI=1S/C30H46BN7O2/c1-30(2,3)40-28(31)37-16-14-36(15-17-37)23-12-10-21(11-13-23)19-32-29-33-20-22-18-25(27(39)35(4)5)38(26(22)34-29)24-8-6-7-9-24/h10-13,18,20,24,26,29,31-34H,6-9,14-17,19H2,1-5H3. The monoisotopic (exact) mass is 547 g/mol. The van der Waals surface area contributed by atoms with Crippen molar-refractivity contribution >= 4 is 24.9 Å². The number of rotatable bonds is 8. The van der Waals surface area contributed by atoms with E-state index in [1.54, 1.807) is 4.90 Å². The SMILES string of the molecule is B=C(OC(C)(C)C)N1CCN(c2ccc(CNC3NC=C4C=C(C(=O)N(C)C)N(C5CCCC5)C4N3)cc2)CC1. The van der Waals surface area contributed by atoms with Crippen molar-refractivity contribution in [1.29, 1.82) is 0 Å². The Bertz CT molecular complexity index is 1130. The van der Waals surface area contributed by atoms with Crippen LogP contribution in [0.15, 0.2) is 47.8 Å². The Labute approximate surface area is 240 Å². The summed E-state index contributed by atoms with van der Waals surface area (Å²) in [6, 6.07) is 9.24. The van der Waals surface area contributed by atoms with Crippen molar-refractivity contribution in [3.63, 3.8) is 0 Å². The molecule has 0 spiro atoms. The number of ether oxygens (including phenoxy) is 1. The molecule has 5 rings (SSSR count). The van der Waals surface area contributed by atoms with Crippen molar-refractivity contribution in [2.75, 3.05) is 45.2 Å². The van der Waals surface area contributed by atoms with Gasteiger partial charge in [-0.2, -0.15) is 0 Å². The van der Waals surface area contributed by atoms with Gasteiger partial charge in [-0.15, -0.1) is 0 Å². The van der Waals surface area contributed by atoms with E-state index in [1.807, 2.05) is 20.2 Å². The van der Waals surface area contributed by atoms with Gasteiger partial charge in [-0.05, 0) is 18.9 Å². The second kappa shape index (κ2) is 11.9. The average molecular weight is 548 g/mol. The predicted octanol–water partition coefficient (Wildman–Crippen LogP) is 1.62. The normalized spacial score (nSPS) is 23.4. The summed E-state index contributed by atoms with van der Waals surface area (Å²) >= 11 is 0. The van der Waals surface area contributed by atoms with E-state index in [9.17, 15) is 4.79 Å². The molecule has 2 atom stereocenters. The second-order valence-electron chi connectivity index (χ2n) is 12.5. The molecule has 4 aliphatic rings. The summed E-state index contributed by atoms with van der Waals surface area (Å²) < 4.78 is 5.96. The summed E-state index contributed by atoms with van der Waals surface area (Å²) in [4.78, 5) is 21.7. The Kier molecular flexibility index (Phi) is 8.47.